The molecule has 2 saturated heterocycles. The van der Waals surface area contributed by atoms with E-state index in [0.29, 0.717) is 5.41 Å². The van der Waals surface area contributed by atoms with E-state index in [1.54, 1.807) is 0 Å². The molecule has 4 heteroatoms. The van der Waals surface area contributed by atoms with Gasteiger partial charge in [0.05, 0.1) is 0 Å². The number of ether oxygens (including phenoxy) is 1. The van der Waals surface area contributed by atoms with Crippen LogP contribution < -0.4 is 5.32 Å². The highest BCUT2D eigenvalue weighted by Gasteiger charge is 2.42. The number of nitrogens with one attached hydrogen (secondary N) is 1. The van der Waals surface area contributed by atoms with Crippen molar-refractivity contribution in [3.05, 3.63) is 0 Å². The molecule has 0 aromatic rings. The summed E-state index contributed by atoms with van der Waals surface area (Å²) in [6, 6.07) is 0. The predicted molar refractivity (Wildman–Crippen MR) is 62.3 cm³/mol. The number of carbonyl (C=O) groups is 1. The molecular formula is C12H22N2O2. The van der Waals surface area contributed by atoms with E-state index in [9.17, 15) is 4.79 Å². The van der Waals surface area contributed by atoms with Crippen LogP contribution in [0.3, 0.4) is 0 Å². The van der Waals surface area contributed by atoms with E-state index >= 15 is 0 Å². The van der Waals surface area contributed by atoms with E-state index < -0.39 is 0 Å². The fourth-order valence-corrected chi connectivity index (χ4v) is 2.56. The summed E-state index contributed by atoms with van der Waals surface area (Å²) in [5.41, 5.74) is -0.0579. The third-order valence-corrected chi connectivity index (χ3v) is 3.42. The SMILES string of the molecule is CC(C)(C)OC(=O)N1CC[C@]2(CCNC2)C1. The molecule has 1 atom stereocenters. The lowest BCUT2D eigenvalue weighted by atomic mass is 9.87. The van der Waals surface area contributed by atoms with Crippen molar-refractivity contribution in [2.45, 2.75) is 39.2 Å². The summed E-state index contributed by atoms with van der Waals surface area (Å²) in [4.78, 5) is 13.7. The molecule has 2 heterocycles. The minimum atomic E-state index is -0.388. The van der Waals surface area contributed by atoms with Gasteiger partial charge in [-0.25, -0.2) is 4.79 Å². The van der Waals surface area contributed by atoms with Crippen LogP contribution >= 0.6 is 0 Å². The first kappa shape index (κ1) is 11.7. The minimum Gasteiger partial charge on any atom is -0.444 e. The van der Waals surface area contributed by atoms with Gasteiger partial charge in [0.1, 0.15) is 5.60 Å². The average molecular weight is 226 g/mol. The maximum atomic E-state index is 11.9. The van der Waals surface area contributed by atoms with Gasteiger partial charge in [-0.3, -0.25) is 0 Å². The van der Waals surface area contributed by atoms with Gasteiger partial charge in [-0.05, 0) is 40.2 Å². The van der Waals surface area contributed by atoms with Gasteiger partial charge in [0.2, 0.25) is 0 Å². The largest absolute Gasteiger partial charge is 0.444 e. The Kier molecular flexibility index (Phi) is 2.86. The van der Waals surface area contributed by atoms with Gasteiger partial charge in [-0.1, -0.05) is 0 Å². The summed E-state index contributed by atoms with van der Waals surface area (Å²) in [6.07, 6.45) is 2.14. The Labute approximate surface area is 97.3 Å². The van der Waals surface area contributed by atoms with Crippen molar-refractivity contribution in [2.24, 2.45) is 5.41 Å². The molecule has 1 spiro atoms. The van der Waals surface area contributed by atoms with Crippen molar-refractivity contribution < 1.29 is 9.53 Å². The van der Waals surface area contributed by atoms with E-state index in [2.05, 4.69) is 5.32 Å². The molecule has 2 rings (SSSR count). The van der Waals surface area contributed by atoms with Crippen LogP contribution in [0.5, 0.6) is 0 Å². The Morgan fingerprint density at radius 2 is 2.12 bits per heavy atom. The number of amides is 1. The lowest BCUT2D eigenvalue weighted by Crippen LogP contribution is -2.37. The van der Waals surface area contributed by atoms with Gasteiger partial charge in [0.15, 0.2) is 0 Å². The molecule has 0 aliphatic carbocycles. The Hall–Kier alpha value is -0.770. The first-order valence-corrected chi connectivity index (χ1v) is 6.09. The summed E-state index contributed by atoms with van der Waals surface area (Å²) in [5, 5.41) is 3.38. The molecule has 16 heavy (non-hydrogen) atoms. The molecule has 0 aromatic carbocycles. The van der Waals surface area contributed by atoms with E-state index in [1.807, 2.05) is 25.7 Å². The molecule has 1 N–H and O–H groups in total. The monoisotopic (exact) mass is 226 g/mol. The maximum absolute atomic E-state index is 11.9. The van der Waals surface area contributed by atoms with Crippen LogP contribution in [-0.2, 0) is 4.74 Å². The van der Waals surface area contributed by atoms with Crippen molar-refractivity contribution in [3.8, 4) is 0 Å². The fourth-order valence-electron chi connectivity index (χ4n) is 2.56. The van der Waals surface area contributed by atoms with Crippen molar-refractivity contribution in [1.82, 2.24) is 10.2 Å². The first-order valence-electron chi connectivity index (χ1n) is 6.09. The van der Waals surface area contributed by atoms with Gasteiger partial charge in [0, 0.05) is 25.0 Å². The Bertz CT molecular complexity index is 277. The second-order valence-electron chi connectivity index (χ2n) is 6.08. The molecule has 0 unspecified atom stereocenters. The van der Waals surface area contributed by atoms with Gasteiger partial charge < -0.3 is 15.0 Å². The zero-order chi connectivity index (χ0) is 11.8. The first-order chi connectivity index (χ1) is 7.40. The van der Waals surface area contributed by atoms with Crippen LogP contribution in [0.2, 0.25) is 0 Å². The zero-order valence-electron chi connectivity index (χ0n) is 10.5. The number of hydrogen-bond acceptors (Lipinski definition) is 3. The van der Waals surface area contributed by atoms with Crippen LogP contribution in [0.1, 0.15) is 33.6 Å². The van der Waals surface area contributed by atoms with Crippen LogP contribution in [0.4, 0.5) is 4.79 Å². The highest BCUT2D eigenvalue weighted by molar-refractivity contribution is 5.68. The summed E-state index contributed by atoms with van der Waals surface area (Å²) in [7, 11) is 0. The van der Waals surface area contributed by atoms with Crippen LogP contribution in [-0.4, -0.2) is 42.8 Å². The van der Waals surface area contributed by atoms with Gasteiger partial charge in [-0.2, -0.15) is 0 Å². The number of rotatable bonds is 0. The fraction of sp³-hybridized carbons (Fsp3) is 0.917. The summed E-state index contributed by atoms with van der Waals surface area (Å²) >= 11 is 0. The van der Waals surface area contributed by atoms with Crippen LogP contribution in [0.15, 0.2) is 0 Å². The molecule has 92 valence electrons. The average Bonchev–Trinajstić information content (AvgIpc) is 2.74. The van der Waals surface area contributed by atoms with Gasteiger partial charge in [0.25, 0.3) is 0 Å². The van der Waals surface area contributed by atoms with Crippen molar-refractivity contribution in [2.75, 3.05) is 26.2 Å². The molecule has 1 amide bonds. The molecule has 0 bridgehead atoms. The van der Waals surface area contributed by atoms with Crippen molar-refractivity contribution >= 4 is 6.09 Å². The summed E-state index contributed by atoms with van der Waals surface area (Å²) < 4.78 is 5.39. The lowest BCUT2D eigenvalue weighted by molar-refractivity contribution is 0.0276. The van der Waals surface area contributed by atoms with E-state index in [4.69, 9.17) is 4.74 Å². The molecule has 2 aliphatic heterocycles. The van der Waals surface area contributed by atoms with E-state index in [-0.39, 0.29) is 11.7 Å². The normalized spacial score (nSPS) is 30.1. The van der Waals surface area contributed by atoms with E-state index in [0.717, 1.165) is 32.6 Å². The van der Waals surface area contributed by atoms with Crippen LogP contribution in [0, 0.1) is 5.41 Å². The van der Waals surface area contributed by atoms with Crippen molar-refractivity contribution in [1.29, 1.82) is 0 Å². The Morgan fingerprint density at radius 3 is 2.69 bits per heavy atom. The smallest absolute Gasteiger partial charge is 0.410 e. The molecule has 2 aliphatic rings. The molecular weight excluding hydrogens is 204 g/mol. The standard InChI is InChI=1S/C12H22N2O2/c1-11(2,3)16-10(15)14-7-5-12(9-14)4-6-13-8-12/h13H,4-9H2,1-3H3/t12-/m0/s1. The highest BCUT2D eigenvalue weighted by Crippen LogP contribution is 2.36. The lowest BCUT2D eigenvalue weighted by Gasteiger charge is -2.26. The van der Waals surface area contributed by atoms with E-state index in [1.165, 1.54) is 6.42 Å². The third-order valence-electron chi connectivity index (χ3n) is 3.42. The Balaban J connectivity index is 1.91. The molecule has 2 fully saturated rings. The number of hydrogen-bond donors (Lipinski definition) is 1. The zero-order valence-corrected chi connectivity index (χ0v) is 10.5. The van der Waals surface area contributed by atoms with Crippen molar-refractivity contribution in [3.63, 3.8) is 0 Å². The Morgan fingerprint density at radius 1 is 1.38 bits per heavy atom. The second-order valence-corrected chi connectivity index (χ2v) is 6.08. The third kappa shape index (κ3) is 2.48. The number of likely N-dealkylation sites (tertiary alicyclic amines) is 1. The number of carbonyl (C=O) groups excluding carboxylic acids is 1. The van der Waals surface area contributed by atoms with Gasteiger partial charge >= 0.3 is 6.09 Å². The quantitative estimate of drug-likeness (QED) is 0.682. The topological polar surface area (TPSA) is 41.6 Å². The molecule has 0 aromatic heterocycles. The highest BCUT2D eigenvalue weighted by atomic mass is 16.6. The molecule has 4 nitrogen and oxygen atoms in total. The minimum absolute atomic E-state index is 0.156. The van der Waals surface area contributed by atoms with Crippen LogP contribution in [0.25, 0.3) is 0 Å². The predicted octanol–water partition coefficient (Wildman–Crippen LogP) is 1.61. The summed E-state index contributed by atoms with van der Waals surface area (Å²) in [6.45, 7) is 9.57. The van der Waals surface area contributed by atoms with Gasteiger partial charge in [-0.15, -0.1) is 0 Å². The summed E-state index contributed by atoms with van der Waals surface area (Å²) in [5.74, 6) is 0. The second kappa shape index (κ2) is 3.91. The molecule has 0 saturated carbocycles. The maximum Gasteiger partial charge on any atom is 0.410 e. The number of nitrogens with zero attached hydrogens (tertiary/aromatic N) is 1. The molecule has 0 radical (unpaired) electrons.